The quantitative estimate of drug-likeness (QED) is 0.912. The first-order valence-electron chi connectivity index (χ1n) is 6.44. The van der Waals surface area contributed by atoms with Crippen molar-refractivity contribution in [1.82, 2.24) is 4.98 Å². The van der Waals surface area contributed by atoms with E-state index < -0.39 is 0 Å². The van der Waals surface area contributed by atoms with Crippen molar-refractivity contribution in [2.24, 2.45) is 0 Å². The summed E-state index contributed by atoms with van der Waals surface area (Å²) in [5.74, 6) is 2.87. The molecule has 0 aliphatic carbocycles. The molecule has 0 aliphatic rings. The maximum Gasteiger partial charge on any atom is 0.128 e. The molecule has 0 aromatic carbocycles. The molecule has 19 heavy (non-hydrogen) atoms. The Morgan fingerprint density at radius 1 is 1.26 bits per heavy atom. The minimum Gasteiger partial charge on any atom is -0.466 e. The first kappa shape index (κ1) is 13.5. The molecule has 1 N–H and O–H groups in total. The fourth-order valence-electron chi connectivity index (χ4n) is 2.14. The first-order valence-corrected chi connectivity index (χ1v) is 6.44. The van der Waals surface area contributed by atoms with Crippen LogP contribution in [0, 0.1) is 13.8 Å². The number of pyridine rings is 1. The summed E-state index contributed by atoms with van der Waals surface area (Å²) in [4.78, 5) is 6.38. The van der Waals surface area contributed by atoms with Crippen LogP contribution >= 0.6 is 0 Å². The molecule has 2 aromatic heterocycles. The van der Waals surface area contributed by atoms with Crippen LogP contribution in [0.1, 0.15) is 30.0 Å². The average molecular weight is 259 g/mol. The lowest BCUT2D eigenvalue weighted by Crippen LogP contribution is -2.11. The van der Waals surface area contributed by atoms with Gasteiger partial charge in [0.05, 0.1) is 17.9 Å². The predicted octanol–water partition coefficient (Wildman–Crippen LogP) is 3.53. The van der Waals surface area contributed by atoms with Gasteiger partial charge in [-0.15, -0.1) is 0 Å². The number of hydrogen-bond acceptors (Lipinski definition) is 4. The third-order valence-electron chi connectivity index (χ3n) is 3.14. The molecule has 4 nitrogen and oxygen atoms in total. The van der Waals surface area contributed by atoms with Gasteiger partial charge < -0.3 is 14.6 Å². The highest BCUT2D eigenvalue weighted by molar-refractivity contribution is 5.49. The van der Waals surface area contributed by atoms with Gasteiger partial charge in [-0.25, -0.2) is 4.98 Å². The van der Waals surface area contributed by atoms with Crippen molar-refractivity contribution in [2.45, 2.75) is 26.8 Å². The summed E-state index contributed by atoms with van der Waals surface area (Å²) in [5, 5.41) is 3.44. The van der Waals surface area contributed by atoms with Crippen LogP contribution in [-0.4, -0.2) is 19.1 Å². The molecule has 0 saturated heterocycles. The van der Waals surface area contributed by atoms with Crippen molar-refractivity contribution in [3.8, 4) is 0 Å². The Balaban J connectivity index is 2.10. The van der Waals surface area contributed by atoms with Gasteiger partial charge in [-0.1, -0.05) is 0 Å². The van der Waals surface area contributed by atoms with E-state index in [1.807, 2.05) is 51.2 Å². The monoisotopic (exact) mass is 259 g/mol. The van der Waals surface area contributed by atoms with E-state index >= 15 is 0 Å². The molecule has 0 fully saturated rings. The molecule has 0 saturated carbocycles. The average Bonchev–Trinajstić information content (AvgIpc) is 2.69. The normalized spacial score (nSPS) is 12.3. The third kappa shape index (κ3) is 3.08. The van der Waals surface area contributed by atoms with Gasteiger partial charge in [0.15, 0.2) is 0 Å². The summed E-state index contributed by atoms with van der Waals surface area (Å²) in [6.45, 7) is 6.09. The van der Waals surface area contributed by atoms with E-state index in [1.54, 1.807) is 0 Å². The van der Waals surface area contributed by atoms with E-state index in [4.69, 9.17) is 4.42 Å². The summed E-state index contributed by atoms with van der Waals surface area (Å²) in [6, 6.07) is 6.32. The first-order chi connectivity index (χ1) is 8.97. The highest BCUT2D eigenvalue weighted by Crippen LogP contribution is 2.25. The maximum absolute atomic E-state index is 5.56. The number of nitrogens with zero attached hydrogens (tertiary/aromatic N) is 2. The Morgan fingerprint density at radius 2 is 2.00 bits per heavy atom. The molecule has 0 amide bonds. The number of nitrogens with one attached hydrogen (secondary N) is 1. The van der Waals surface area contributed by atoms with Crippen LogP contribution in [0.25, 0.3) is 0 Å². The van der Waals surface area contributed by atoms with Gasteiger partial charge in [0.1, 0.15) is 17.3 Å². The van der Waals surface area contributed by atoms with E-state index in [9.17, 15) is 0 Å². The van der Waals surface area contributed by atoms with Gasteiger partial charge in [0.2, 0.25) is 0 Å². The number of rotatable bonds is 4. The molecule has 1 atom stereocenters. The SMILES string of the molecule is Cc1cc(C(C)Nc2ccc(N(C)C)nc2)c(C)o1. The number of aryl methyl sites for hydroxylation is 2. The van der Waals surface area contributed by atoms with Crippen molar-refractivity contribution >= 4 is 11.5 Å². The number of anilines is 2. The zero-order chi connectivity index (χ0) is 14.0. The molecule has 2 aromatic rings. The van der Waals surface area contributed by atoms with Crippen LogP contribution in [-0.2, 0) is 0 Å². The van der Waals surface area contributed by atoms with Gasteiger partial charge in [-0.3, -0.25) is 0 Å². The Morgan fingerprint density at radius 3 is 2.47 bits per heavy atom. The smallest absolute Gasteiger partial charge is 0.128 e. The standard InChI is InChI=1S/C15H21N3O/c1-10-8-14(12(3)19-10)11(2)17-13-6-7-15(16-9-13)18(4)5/h6-9,11,17H,1-5H3. The highest BCUT2D eigenvalue weighted by atomic mass is 16.3. The molecular formula is C15H21N3O. The Labute approximate surface area is 114 Å². The molecule has 0 bridgehead atoms. The van der Waals surface area contributed by atoms with E-state index in [2.05, 4.69) is 23.3 Å². The van der Waals surface area contributed by atoms with E-state index in [1.165, 1.54) is 5.56 Å². The van der Waals surface area contributed by atoms with Crippen LogP contribution < -0.4 is 10.2 Å². The van der Waals surface area contributed by atoms with Crippen LogP contribution in [0.2, 0.25) is 0 Å². The summed E-state index contributed by atoms with van der Waals surface area (Å²) in [7, 11) is 3.96. The second-order valence-electron chi connectivity index (χ2n) is 5.03. The van der Waals surface area contributed by atoms with E-state index in [-0.39, 0.29) is 6.04 Å². The Bertz CT molecular complexity index is 543. The van der Waals surface area contributed by atoms with Crippen LogP contribution in [0.4, 0.5) is 11.5 Å². The fourth-order valence-corrected chi connectivity index (χ4v) is 2.14. The lowest BCUT2D eigenvalue weighted by Gasteiger charge is -2.16. The predicted molar refractivity (Wildman–Crippen MR) is 78.8 cm³/mol. The van der Waals surface area contributed by atoms with Crippen molar-refractivity contribution in [3.05, 3.63) is 41.5 Å². The number of hydrogen-bond donors (Lipinski definition) is 1. The molecule has 0 radical (unpaired) electrons. The Kier molecular flexibility index (Phi) is 3.79. The summed E-state index contributed by atoms with van der Waals surface area (Å²) >= 11 is 0. The van der Waals surface area contributed by atoms with Crippen molar-refractivity contribution in [3.63, 3.8) is 0 Å². The van der Waals surface area contributed by atoms with E-state index in [0.717, 1.165) is 23.0 Å². The summed E-state index contributed by atoms with van der Waals surface area (Å²) in [5.41, 5.74) is 2.20. The molecule has 0 spiro atoms. The van der Waals surface area contributed by atoms with Crippen molar-refractivity contribution in [1.29, 1.82) is 0 Å². The van der Waals surface area contributed by atoms with Crippen LogP contribution in [0.5, 0.6) is 0 Å². The fraction of sp³-hybridized carbons (Fsp3) is 0.400. The van der Waals surface area contributed by atoms with Gasteiger partial charge >= 0.3 is 0 Å². The minimum absolute atomic E-state index is 0.199. The highest BCUT2D eigenvalue weighted by Gasteiger charge is 2.12. The molecule has 1 unspecified atom stereocenters. The van der Waals surface area contributed by atoms with E-state index in [0.29, 0.717) is 0 Å². The molecule has 4 heteroatoms. The zero-order valence-electron chi connectivity index (χ0n) is 12.2. The summed E-state index contributed by atoms with van der Waals surface area (Å²) in [6.07, 6.45) is 1.86. The third-order valence-corrected chi connectivity index (χ3v) is 3.14. The maximum atomic E-state index is 5.56. The molecule has 2 heterocycles. The molecule has 0 aliphatic heterocycles. The summed E-state index contributed by atoms with van der Waals surface area (Å²) < 4.78 is 5.56. The molecule has 102 valence electrons. The van der Waals surface area contributed by atoms with Gasteiger partial charge in [-0.05, 0) is 39.0 Å². The zero-order valence-corrected chi connectivity index (χ0v) is 12.2. The van der Waals surface area contributed by atoms with Crippen LogP contribution in [0.15, 0.2) is 28.8 Å². The number of aromatic nitrogens is 1. The second kappa shape index (κ2) is 5.34. The largest absolute Gasteiger partial charge is 0.466 e. The minimum atomic E-state index is 0.199. The Hall–Kier alpha value is -1.97. The molecule has 2 rings (SSSR count). The lowest BCUT2D eigenvalue weighted by atomic mass is 10.1. The lowest BCUT2D eigenvalue weighted by molar-refractivity contribution is 0.500. The topological polar surface area (TPSA) is 41.3 Å². The van der Waals surface area contributed by atoms with Gasteiger partial charge in [0, 0.05) is 19.7 Å². The van der Waals surface area contributed by atoms with Crippen molar-refractivity contribution < 1.29 is 4.42 Å². The van der Waals surface area contributed by atoms with Gasteiger partial charge in [0.25, 0.3) is 0 Å². The van der Waals surface area contributed by atoms with Crippen LogP contribution in [0.3, 0.4) is 0 Å². The molecular weight excluding hydrogens is 238 g/mol. The van der Waals surface area contributed by atoms with Gasteiger partial charge in [-0.2, -0.15) is 0 Å². The number of furan rings is 1. The van der Waals surface area contributed by atoms with Crippen molar-refractivity contribution in [2.75, 3.05) is 24.3 Å². The second-order valence-corrected chi connectivity index (χ2v) is 5.03.